The molecule has 0 amide bonds. The molecule has 0 fully saturated rings. The number of hydrogen-bond donors (Lipinski definition) is 1. The van der Waals surface area contributed by atoms with Gasteiger partial charge in [-0.25, -0.2) is 4.39 Å². The zero-order valence-electron chi connectivity index (χ0n) is 5.29. The molecule has 52 valence electrons. The SMILES string of the molecule is OC=Cc1ccccc1F. The molecular weight excluding hydrogens is 131 g/mol. The minimum atomic E-state index is -0.326. The highest BCUT2D eigenvalue weighted by Gasteiger charge is 1.92. The molecule has 1 aromatic carbocycles. The van der Waals surface area contributed by atoms with Crippen molar-refractivity contribution >= 4 is 6.08 Å². The summed E-state index contributed by atoms with van der Waals surface area (Å²) < 4.78 is 12.6. The van der Waals surface area contributed by atoms with Crippen molar-refractivity contribution in [3.8, 4) is 0 Å². The van der Waals surface area contributed by atoms with E-state index < -0.39 is 0 Å². The minimum Gasteiger partial charge on any atom is -0.516 e. The predicted octanol–water partition coefficient (Wildman–Crippen LogP) is 2.35. The molecule has 0 heterocycles. The van der Waals surface area contributed by atoms with E-state index in [1.54, 1.807) is 18.2 Å². The van der Waals surface area contributed by atoms with E-state index in [0.717, 1.165) is 6.26 Å². The van der Waals surface area contributed by atoms with Crippen LogP contribution in [0.1, 0.15) is 5.56 Å². The van der Waals surface area contributed by atoms with Crippen molar-refractivity contribution in [3.05, 3.63) is 41.9 Å². The predicted molar refractivity (Wildman–Crippen MR) is 38.1 cm³/mol. The summed E-state index contributed by atoms with van der Waals surface area (Å²) in [5, 5.41) is 8.30. The van der Waals surface area contributed by atoms with Gasteiger partial charge in [0.05, 0.1) is 6.26 Å². The monoisotopic (exact) mass is 138 g/mol. The Morgan fingerprint density at radius 1 is 1.30 bits per heavy atom. The van der Waals surface area contributed by atoms with Gasteiger partial charge in [-0.1, -0.05) is 18.2 Å². The van der Waals surface area contributed by atoms with Gasteiger partial charge in [-0.3, -0.25) is 0 Å². The maximum Gasteiger partial charge on any atom is 0.130 e. The molecule has 0 bridgehead atoms. The zero-order chi connectivity index (χ0) is 7.40. The quantitative estimate of drug-likeness (QED) is 0.590. The van der Waals surface area contributed by atoms with E-state index in [1.807, 2.05) is 0 Å². The fourth-order valence-electron chi connectivity index (χ4n) is 0.691. The van der Waals surface area contributed by atoms with Crippen molar-refractivity contribution in [2.75, 3.05) is 0 Å². The third-order valence-electron chi connectivity index (χ3n) is 1.16. The Bertz CT molecular complexity index is 243. The van der Waals surface area contributed by atoms with Gasteiger partial charge < -0.3 is 5.11 Å². The molecule has 1 N–H and O–H groups in total. The number of hydrogen-bond acceptors (Lipinski definition) is 1. The highest BCUT2D eigenvalue weighted by atomic mass is 19.1. The van der Waals surface area contributed by atoms with Crippen LogP contribution >= 0.6 is 0 Å². The lowest BCUT2D eigenvalue weighted by atomic mass is 10.2. The molecule has 0 unspecified atom stereocenters. The van der Waals surface area contributed by atoms with Gasteiger partial charge in [-0.05, 0) is 12.1 Å². The second kappa shape index (κ2) is 3.01. The van der Waals surface area contributed by atoms with Crippen molar-refractivity contribution < 1.29 is 9.50 Å². The number of aliphatic hydroxyl groups is 1. The molecule has 0 saturated heterocycles. The first-order valence-electron chi connectivity index (χ1n) is 2.90. The van der Waals surface area contributed by atoms with Gasteiger partial charge in [0, 0.05) is 5.56 Å². The lowest BCUT2D eigenvalue weighted by Crippen LogP contribution is -1.78. The summed E-state index contributed by atoms with van der Waals surface area (Å²) in [4.78, 5) is 0. The Morgan fingerprint density at radius 2 is 2.00 bits per heavy atom. The largest absolute Gasteiger partial charge is 0.516 e. The van der Waals surface area contributed by atoms with E-state index in [1.165, 1.54) is 12.1 Å². The second-order valence-corrected chi connectivity index (χ2v) is 1.84. The fourth-order valence-corrected chi connectivity index (χ4v) is 0.691. The van der Waals surface area contributed by atoms with Crippen LogP contribution in [-0.4, -0.2) is 5.11 Å². The standard InChI is InChI=1S/C8H7FO/c9-8-4-2-1-3-7(8)5-6-10/h1-6,10H. The third kappa shape index (κ3) is 1.35. The Balaban J connectivity index is 3.03. The minimum absolute atomic E-state index is 0.326. The van der Waals surface area contributed by atoms with Crippen molar-refractivity contribution in [1.29, 1.82) is 0 Å². The van der Waals surface area contributed by atoms with Crippen molar-refractivity contribution in [1.82, 2.24) is 0 Å². The zero-order valence-corrected chi connectivity index (χ0v) is 5.29. The second-order valence-electron chi connectivity index (χ2n) is 1.84. The molecule has 0 aliphatic carbocycles. The van der Waals surface area contributed by atoms with E-state index >= 15 is 0 Å². The highest BCUT2D eigenvalue weighted by Crippen LogP contribution is 2.06. The van der Waals surface area contributed by atoms with Crippen LogP contribution in [0.4, 0.5) is 4.39 Å². The molecule has 1 aromatic rings. The van der Waals surface area contributed by atoms with Gasteiger partial charge in [0.15, 0.2) is 0 Å². The Labute approximate surface area is 58.4 Å². The van der Waals surface area contributed by atoms with Crippen molar-refractivity contribution in [3.63, 3.8) is 0 Å². The topological polar surface area (TPSA) is 20.2 Å². The molecular formula is C8H7FO. The van der Waals surface area contributed by atoms with Gasteiger partial charge in [-0.15, -0.1) is 0 Å². The summed E-state index contributed by atoms with van der Waals surface area (Å²) in [6.07, 6.45) is 2.12. The van der Waals surface area contributed by atoms with Crippen LogP contribution in [0.5, 0.6) is 0 Å². The van der Waals surface area contributed by atoms with Crippen LogP contribution in [-0.2, 0) is 0 Å². The summed E-state index contributed by atoms with van der Waals surface area (Å²) in [6.45, 7) is 0. The first-order chi connectivity index (χ1) is 4.84. The molecule has 10 heavy (non-hydrogen) atoms. The maximum atomic E-state index is 12.6. The molecule has 1 nitrogen and oxygen atoms in total. The molecule has 0 aliphatic heterocycles. The number of rotatable bonds is 1. The number of benzene rings is 1. The van der Waals surface area contributed by atoms with Gasteiger partial charge in [0.2, 0.25) is 0 Å². The summed E-state index contributed by atoms with van der Waals surface area (Å²) >= 11 is 0. The summed E-state index contributed by atoms with van der Waals surface area (Å²) in [7, 11) is 0. The van der Waals surface area contributed by atoms with Crippen LogP contribution < -0.4 is 0 Å². The fraction of sp³-hybridized carbons (Fsp3) is 0. The normalized spacial score (nSPS) is 10.5. The highest BCUT2D eigenvalue weighted by molar-refractivity contribution is 5.48. The van der Waals surface area contributed by atoms with Crippen molar-refractivity contribution in [2.24, 2.45) is 0 Å². The number of halogens is 1. The van der Waals surface area contributed by atoms with Gasteiger partial charge >= 0.3 is 0 Å². The molecule has 0 aliphatic rings. The van der Waals surface area contributed by atoms with Crippen LogP contribution in [0.3, 0.4) is 0 Å². The maximum absolute atomic E-state index is 12.6. The van der Waals surface area contributed by atoms with Gasteiger partial charge in [-0.2, -0.15) is 0 Å². The van der Waals surface area contributed by atoms with Gasteiger partial charge in [0.1, 0.15) is 5.82 Å². The first kappa shape index (κ1) is 6.81. The van der Waals surface area contributed by atoms with E-state index in [4.69, 9.17) is 5.11 Å². The van der Waals surface area contributed by atoms with E-state index in [-0.39, 0.29) is 5.82 Å². The Morgan fingerprint density at radius 3 is 2.60 bits per heavy atom. The molecule has 1 rings (SSSR count). The molecule has 0 radical (unpaired) electrons. The molecule has 0 spiro atoms. The molecule has 0 atom stereocenters. The summed E-state index contributed by atoms with van der Waals surface area (Å²) in [6, 6.07) is 6.24. The summed E-state index contributed by atoms with van der Waals surface area (Å²) in [5.41, 5.74) is 0.394. The van der Waals surface area contributed by atoms with Gasteiger partial charge in [0.25, 0.3) is 0 Å². The van der Waals surface area contributed by atoms with Crippen LogP contribution in [0, 0.1) is 5.82 Å². The third-order valence-corrected chi connectivity index (χ3v) is 1.16. The summed E-state index contributed by atoms with van der Waals surface area (Å²) in [5.74, 6) is -0.326. The lowest BCUT2D eigenvalue weighted by molar-refractivity contribution is 0.477. The molecule has 0 aromatic heterocycles. The van der Waals surface area contributed by atoms with Crippen LogP contribution in [0.2, 0.25) is 0 Å². The smallest absolute Gasteiger partial charge is 0.130 e. The molecule has 0 saturated carbocycles. The lowest BCUT2D eigenvalue weighted by Gasteiger charge is -1.91. The molecule has 2 heteroatoms. The Kier molecular flexibility index (Phi) is 2.05. The average molecular weight is 138 g/mol. The van der Waals surface area contributed by atoms with E-state index in [9.17, 15) is 4.39 Å². The van der Waals surface area contributed by atoms with Crippen LogP contribution in [0.15, 0.2) is 30.5 Å². The first-order valence-corrected chi connectivity index (χ1v) is 2.90. The van der Waals surface area contributed by atoms with Crippen molar-refractivity contribution in [2.45, 2.75) is 0 Å². The van der Waals surface area contributed by atoms with Crippen LogP contribution in [0.25, 0.3) is 6.08 Å². The number of aliphatic hydroxyl groups excluding tert-OH is 1. The average Bonchev–Trinajstić information content (AvgIpc) is 1.94. The van der Waals surface area contributed by atoms with E-state index in [2.05, 4.69) is 0 Å². The van der Waals surface area contributed by atoms with E-state index in [0.29, 0.717) is 5.56 Å². The Hall–Kier alpha value is -1.31.